The van der Waals surface area contributed by atoms with E-state index >= 15 is 0 Å². The third-order valence-corrected chi connectivity index (χ3v) is 3.96. The summed E-state index contributed by atoms with van der Waals surface area (Å²) in [5.74, 6) is 1.50. The van der Waals surface area contributed by atoms with E-state index in [4.69, 9.17) is 9.47 Å². The summed E-state index contributed by atoms with van der Waals surface area (Å²) in [5, 5.41) is 5.60. The average molecular weight is 335 g/mol. The van der Waals surface area contributed by atoms with Crippen LogP contribution in [-0.2, 0) is 11.3 Å². The van der Waals surface area contributed by atoms with Gasteiger partial charge in [-0.15, -0.1) is 0 Å². The van der Waals surface area contributed by atoms with Gasteiger partial charge in [0.2, 0.25) is 5.91 Å². The highest BCUT2D eigenvalue weighted by molar-refractivity contribution is 5.78. The molecule has 7 heteroatoms. The first-order valence-electron chi connectivity index (χ1n) is 8.14. The molecule has 7 nitrogen and oxygen atoms in total. The first kappa shape index (κ1) is 17.9. The quantitative estimate of drug-likeness (QED) is 0.706. The molecule has 1 aromatic rings. The molecule has 1 heterocycles. The van der Waals surface area contributed by atoms with Crippen LogP contribution in [0.1, 0.15) is 24.8 Å². The van der Waals surface area contributed by atoms with Crippen LogP contribution in [0.2, 0.25) is 0 Å². The van der Waals surface area contributed by atoms with Crippen molar-refractivity contribution in [3.63, 3.8) is 0 Å². The number of nitrogens with one attached hydrogen (secondary N) is 2. The van der Waals surface area contributed by atoms with Gasteiger partial charge in [-0.3, -0.25) is 4.79 Å². The topological polar surface area (TPSA) is 79.9 Å². The molecule has 0 aromatic heterocycles. The van der Waals surface area contributed by atoms with Gasteiger partial charge in [-0.05, 0) is 30.5 Å². The highest BCUT2D eigenvalue weighted by atomic mass is 16.5. The normalized spacial score (nSPS) is 13.8. The fourth-order valence-electron chi connectivity index (χ4n) is 2.65. The van der Waals surface area contributed by atoms with Gasteiger partial charge in [0.15, 0.2) is 11.5 Å². The summed E-state index contributed by atoms with van der Waals surface area (Å²) < 4.78 is 10.4. The van der Waals surface area contributed by atoms with Crippen LogP contribution in [0.25, 0.3) is 0 Å². The van der Waals surface area contributed by atoms with Gasteiger partial charge in [0, 0.05) is 32.6 Å². The minimum Gasteiger partial charge on any atom is -0.493 e. The third kappa shape index (κ3) is 5.04. The summed E-state index contributed by atoms with van der Waals surface area (Å²) in [7, 11) is 3.16. The maximum atomic E-state index is 11.8. The Bertz CT molecular complexity index is 577. The molecule has 0 saturated carbocycles. The SMILES string of the molecule is COc1ccc(CNC(=O)NCCCN2CCCC2=O)cc1OC. The van der Waals surface area contributed by atoms with Crippen molar-refractivity contribution in [2.75, 3.05) is 33.9 Å². The summed E-state index contributed by atoms with van der Waals surface area (Å²) in [5.41, 5.74) is 0.922. The number of hydrogen-bond acceptors (Lipinski definition) is 4. The van der Waals surface area contributed by atoms with Crippen LogP contribution in [0.4, 0.5) is 4.79 Å². The van der Waals surface area contributed by atoms with E-state index < -0.39 is 0 Å². The molecule has 1 fully saturated rings. The predicted molar refractivity (Wildman–Crippen MR) is 90.2 cm³/mol. The highest BCUT2D eigenvalue weighted by Gasteiger charge is 2.18. The number of hydrogen-bond donors (Lipinski definition) is 2. The second-order valence-corrected chi connectivity index (χ2v) is 5.64. The molecule has 1 saturated heterocycles. The smallest absolute Gasteiger partial charge is 0.315 e. The van der Waals surface area contributed by atoms with E-state index in [9.17, 15) is 9.59 Å². The van der Waals surface area contributed by atoms with Gasteiger partial charge in [-0.25, -0.2) is 4.79 Å². The number of carbonyl (C=O) groups is 2. The average Bonchev–Trinajstić information content (AvgIpc) is 3.01. The van der Waals surface area contributed by atoms with E-state index in [1.807, 2.05) is 17.0 Å². The lowest BCUT2D eigenvalue weighted by molar-refractivity contribution is -0.127. The van der Waals surface area contributed by atoms with E-state index in [1.54, 1.807) is 20.3 Å². The second-order valence-electron chi connectivity index (χ2n) is 5.64. The molecule has 0 bridgehead atoms. The van der Waals surface area contributed by atoms with Gasteiger partial charge in [-0.2, -0.15) is 0 Å². The molecule has 0 atom stereocenters. The minimum absolute atomic E-state index is 0.216. The molecule has 0 aliphatic carbocycles. The van der Waals surface area contributed by atoms with E-state index in [-0.39, 0.29) is 11.9 Å². The number of ether oxygens (including phenoxy) is 2. The maximum Gasteiger partial charge on any atom is 0.315 e. The van der Waals surface area contributed by atoms with Crippen LogP contribution in [0.15, 0.2) is 18.2 Å². The highest BCUT2D eigenvalue weighted by Crippen LogP contribution is 2.27. The number of likely N-dealkylation sites (tertiary alicyclic amines) is 1. The van der Waals surface area contributed by atoms with Crippen molar-refractivity contribution in [3.05, 3.63) is 23.8 Å². The molecule has 24 heavy (non-hydrogen) atoms. The van der Waals surface area contributed by atoms with Crippen molar-refractivity contribution in [1.29, 1.82) is 0 Å². The zero-order valence-corrected chi connectivity index (χ0v) is 14.3. The van der Waals surface area contributed by atoms with E-state index in [2.05, 4.69) is 10.6 Å². The van der Waals surface area contributed by atoms with Crippen LogP contribution in [0.5, 0.6) is 11.5 Å². The van der Waals surface area contributed by atoms with Crippen molar-refractivity contribution in [2.24, 2.45) is 0 Å². The number of benzene rings is 1. The first-order valence-corrected chi connectivity index (χ1v) is 8.14. The van der Waals surface area contributed by atoms with Gasteiger partial charge in [-0.1, -0.05) is 6.07 Å². The Morgan fingerprint density at radius 3 is 2.67 bits per heavy atom. The number of rotatable bonds is 8. The number of methoxy groups -OCH3 is 2. The zero-order chi connectivity index (χ0) is 17.4. The van der Waals surface area contributed by atoms with E-state index in [0.717, 1.165) is 24.9 Å². The standard InChI is InChI=1S/C17H25N3O4/c1-23-14-7-6-13(11-15(14)24-2)12-19-17(22)18-8-4-10-20-9-3-5-16(20)21/h6-7,11H,3-5,8-10,12H2,1-2H3,(H2,18,19,22). The lowest BCUT2D eigenvalue weighted by atomic mass is 10.2. The molecule has 2 rings (SSSR count). The fourth-order valence-corrected chi connectivity index (χ4v) is 2.65. The Hall–Kier alpha value is -2.44. The zero-order valence-electron chi connectivity index (χ0n) is 14.3. The van der Waals surface area contributed by atoms with Crippen molar-refractivity contribution in [1.82, 2.24) is 15.5 Å². The van der Waals surface area contributed by atoms with Crippen molar-refractivity contribution < 1.29 is 19.1 Å². The van der Waals surface area contributed by atoms with Crippen molar-refractivity contribution >= 4 is 11.9 Å². The molecule has 1 aliphatic heterocycles. The van der Waals surface area contributed by atoms with Crippen molar-refractivity contribution in [3.8, 4) is 11.5 Å². The predicted octanol–water partition coefficient (Wildman–Crippen LogP) is 1.52. The van der Waals surface area contributed by atoms with Gasteiger partial charge >= 0.3 is 6.03 Å². The van der Waals surface area contributed by atoms with E-state index in [0.29, 0.717) is 37.6 Å². The molecule has 0 spiro atoms. The lowest BCUT2D eigenvalue weighted by Crippen LogP contribution is -2.37. The monoisotopic (exact) mass is 335 g/mol. The minimum atomic E-state index is -0.225. The maximum absolute atomic E-state index is 11.8. The van der Waals surface area contributed by atoms with Gasteiger partial charge in [0.25, 0.3) is 0 Å². The first-order chi connectivity index (χ1) is 11.6. The Morgan fingerprint density at radius 1 is 1.21 bits per heavy atom. The van der Waals surface area contributed by atoms with Crippen LogP contribution in [-0.4, -0.2) is 50.7 Å². The number of urea groups is 1. The van der Waals surface area contributed by atoms with Crippen LogP contribution in [0.3, 0.4) is 0 Å². The van der Waals surface area contributed by atoms with Crippen LogP contribution >= 0.6 is 0 Å². The largest absolute Gasteiger partial charge is 0.493 e. The summed E-state index contributed by atoms with van der Waals surface area (Å²) in [4.78, 5) is 25.1. The van der Waals surface area contributed by atoms with Crippen LogP contribution in [0, 0.1) is 0 Å². The number of carbonyl (C=O) groups excluding carboxylic acids is 2. The Balaban J connectivity index is 1.66. The van der Waals surface area contributed by atoms with Crippen molar-refractivity contribution in [2.45, 2.75) is 25.8 Å². The Morgan fingerprint density at radius 2 is 2.00 bits per heavy atom. The summed E-state index contributed by atoms with van der Waals surface area (Å²) in [6.07, 6.45) is 2.35. The summed E-state index contributed by atoms with van der Waals surface area (Å²) in [6, 6.07) is 5.29. The Kier molecular flexibility index (Phi) is 6.72. The van der Waals surface area contributed by atoms with Gasteiger partial charge < -0.3 is 25.0 Å². The molecular formula is C17H25N3O4. The molecule has 0 unspecified atom stereocenters. The van der Waals surface area contributed by atoms with Gasteiger partial charge in [0.05, 0.1) is 14.2 Å². The summed E-state index contributed by atoms with van der Waals surface area (Å²) >= 11 is 0. The molecule has 3 amide bonds. The molecule has 1 aromatic carbocycles. The molecule has 132 valence electrons. The lowest BCUT2D eigenvalue weighted by Gasteiger charge is -2.15. The molecular weight excluding hydrogens is 310 g/mol. The Labute approximate surface area is 142 Å². The number of amides is 3. The third-order valence-electron chi connectivity index (χ3n) is 3.96. The van der Waals surface area contributed by atoms with Crippen LogP contribution < -0.4 is 20.1 Å². The molecule has 0 radical (unpaired) electrons. The van der Waals surface area contributed by atoms with E-state index in [1.165, 1.54) is 0 Å². The molecule has 1 aliphatic rings. The fraction of sp³-hybridized carbons (Fsp3) is 0.529. The molecule has 2 N–H and O–H groups in total. The summed E-state index contributed by atoms with van der Waals surface area (Å²) in [6.45, 7) is 2.48. The number of nitrogens with zero attached hydrogens (tertiary/aromatic N) is 1. The second kappa shape index (κ2) is 9.00. The van der Waals surface area contributed by atoms with Gasteiger partial charge in [0.1, 0.15) is 0 Å².